The van der Waals surface area contributed by atoms with E-state index in [1.807, 2.05) is 37.3 Å². The summed E-state index contributed by atoms with van der Waals surface area (Å²) < 4.78 is 27.2. The lowest BCUT2D eigenvalue weighted by Crippen LogP contribution is -2.12. The van der Waals surface area contributed by atoms with Crippen molar-refractivity contribution in [3.8, 4) is 0 Å². The summed E-state index contributed by atoms with van der Waals surface area (Å²) in [5, 5.41) is 2.80. The molecule has 19 heavy (non-hydrogen) atoms. The molecule has 2 rings (SSSR count). The molecule has 0 heterocycles. The van der Waals surface area contributed by atoms with Gasteiger partial charge in [0.25, 0.3) is 0 Å². The highest BCUT2D eigenvalue weighted by atomic mass is 19.1. The van der Waals surface area contributed by atoms with Crippen molar-refractivity contribution in [2.24, 2.45) is 0 Å². The largest absolute Gasteiger partial charge is 0.399 e. The molecule has 0 fully saturated rings. The molecule has 100 valence electrons. The Morgan fingerprint density at radius 3 is 2.26 bits per heavy atom. The summed E-state index contributed by atoms with van der Waals surface area (Å²) in [5.74, 6) is -1.19. The highest BCUT2D eigenvalue weighted by molar-refractivity contribution is 5.54. The van der Waals surface area contributed by atoms with Crippen LogP contribution in [-0.2, 0) is 0 Å². The smallest absolute Gasteiger partial charge is 0.151 e. The van der Waals surface area contributed by atoms with E-state index in [2.05, 4.69) is 5.32 Å². The Morgan fingerprint density at radius 2 is 1.68 bits per heavy atom. The lowest BCUT2D eigenvalue weighted by atomic mass is 10.0. The Balaban J connectivity index is 2.07. The third-order valence-electron chi connectivity index (χ3n) is 3.02. The van der Waals surface area contributed by atoms with Gasteiger partial charge in [0, 0.05) is 12.2 Å². The molecule has 0 amide bonds. The first-order valence-corrected chi connectivity index (χ1v) is 6.11. The van der Waals surface area contributed by atoms with E-state index in [1.54, 1.807) is 0 Å². The van der Waals surface area contributed by atoms with Crippen LogP contribution in [0.3, 0.4) is 0 Å². The minimum absolute atomic E-state index is 0.0802. The molecule has 0 radical (unpaired) electrons. The van der Waals surface area contributed by atoms with Crippen molar-refractivity contribution in [1.29, 1.82) is 0 Å². The monoisotopic (exact) mass is 262 g/mol. The molecule has 0 aliphatic carbocycles. The molecular formula is C15H16F2N2. The van der Waals surface area contributed by atoms with E-state index < -0.39 is 11.6 Å². The van der Waals surface area contributed by atoms with Crippen LogP contribution in [0.5, 0.6) is 0 Å². The molecule has 0 saturated heterocycles. The molecule has 0 saturated carbocycles. The molecule has 0 aliphatic heterocycles. The van der Waals surface area contributed by atoms with Gasteiger partial charge in [-0.15, -0.1) is 0 Å². The molecule has 4 heteroatoms. The Kier molecular flexibility index (Phi) is 4.00. The van der Waals surface area contributed by atoms with Crippen LogP contribution < -0.4 is 11.1 Å². The fourth-order valence-corrected chi connectivity index (χ4v) is 1.92. The van der Waals surface area contributed by atoms with E-state index >= 15 is 0 Å². The predicted molar refractivity (Wildman–Crippen MR) is 74.1 cm³/mol. The lowest BCUT2D eigenvalue weighted by molar-refractivity contribution is 0.587. The van der Waals surface area contributed by atoms with E-state index in [4.69, 9.17) is 5.73 Å². The van der Waals surface area contributed by atoms with E-state index in [0.717, 1.165) is 17.7 Å². The second kappa shape index (κ2) is 5.69. The van der Waals surface area contributed by atoms with Gasteiger partial charge in [0.05, 0.1) is 0 Å². The molecule has 0 aliphatic rings. The van der Waals surface area contributed by atoms with Gasteiger partial charge < -0.3 is 11.1 Å². The van der Waals surface area contributed by atoms with Gasteiger partial charge in [-0.3, -0.25) is 0 Å². The summed E-state index contributed by atoms with van der Waals surface area (Å²) in [5.41, 5.74) is 6.44. The van der Waals surface area contributed by atoms with E-state index in [9.17, 15) is 8.78 Å². The van der Waals surface area contributed by atoms with Crippen LogP contribution in [0.15, 0.2) is 42.5 Å². The maximum absolute atomic E-state index is 13.6. The molecule has 2 nitrogen and oxygen atoms in total. The number of nitrogens with one attached hydrogen (secondary N) is 1. The Hall–Kier alpha value is -2.10. The summed E-state index contributed by atoms with van der Waals surface area (Å²) in [4.78, 5) is 0. The minimum atomic E-state index is -0.669. The second-order valence-electron chi connectivity index (χ2n) is 4.55. The zero-order chi connectivity index (χ0) is 13.8. The van der Waals surface area contributed by atoms with E-state index in [1.165, 1.54) is 0 Å². The summed E-state index contributed by atoms with van der Waals surface area (Å²) >= 11 is 0. The molecule has 3 N–H and O–H groups in total. The van der Waals surface area contributed by atoms with Crippen LogP contribution in [0, 0.1) is 11.6 Å². The number of rotatable bonds is 4. The van der Waals surface area contributed by atoms with Crippen molar-refractivity contribution >= 4 is 11.4 Å². The summed E-state index contributed by atoms with van der Waals surface area (Å²) in [7, 11) is 0. The molecular weight excluding hydrogens is 246 g/mol. The number of halogens is 2. The zero-order valence-corrected chi connectivity index (χ0v) is 10.7. The van der Waals surface area contributed by atoms with Crippen molar-refractivity contribution in [3.63, 3.8) is 0 Å². The third-order valence-corrected chi connectivity index (χ3v) is 3.02. The van der Waals surface area contributed by atoms with Gasteiger partial charge in [0.1, 0.15) is 5.69 Å². The van der Waals surface area contributed by atoms with Crippen LogP contribution in [0.25, 0.3) is 0 Å². The molecule has 1 unspecified atom stereocenters. The first-order chi connectivity index (χ1) is 9.08. The molecule has 0 bridgehead atoms. The number of hydrogen-bond donors (Lipinski definition) is 2. The lowest BCUT2D eigenvalue weighted by Gasteiger charge is -2.15. The van der Waals surface area contributed by atoms with Gasteiger partial charge in [0.15, 0.2) is 11.6 Å². The van der Waals surface area contributed by atoms with Crippen LogP contribution in [0.2, 0.25) is 0 Å². The summed E-state index contributed by atoms with van der Waals surface area (Å²) in [6.07, 6.45) is 0. The summed E-state index contributed by atoms with van der Waals surface area (Å²) in [6, 6.07) is 12.0. The first-order valence-electron chi connectivity index (χ1n) is 6.11. The van der Waals surface area contributed by atoms with Gasteiger partial charge >= 0.3 is 0 Å². The maximum Gasteiger partial charge on any atom is 0.151 e. The van der Waals surface area contributed by atoms with Crippen LogP contribution in [0.4, 0.5) is 20.2 Å². The zero-order valence-electron chi connectivity index (χ0n) is 10.7. The topological polar surface area (TPSA) is 38.0 Å². The fourth-order valence-electron chi connectivity index (χ4n) is 1.92. The van der Waals surface area contributed by atoms with Gasteiger partial charge in [-0.25, -0.2) is 8.78 Å². The minimum Gasteiger partial charge on any atom is -0.399 e. The standard InChI is InChI=1S/C15H16F2N2/c1-10(11-5-3-2-4-6-11)9-19-15-13(16)7-12(18)8-14(15)17/h2-8,10,19H,9,18H2,1H3. The van der Waals surface area contributed by atoms with Crippen LogP contribution in [-0.4, -0.2) is 6.54 Å². The summed E-state index contributed by atoms with van der Waals surface area (Å²) in [6.45, 7) is 2.44. The molecule has 1 atom stereocenters. The highest BCUT2D eigenvalue weighted by Gasteiger charge is 2.12. The van der Waals surface area contributed by atoms with Crippen LogP contribution in [0.1, 0.15) is 18.4 Å². The normalized spacial score (nSPS) is 12.2. The van der Waals surface area contributed by atoms with Crippen molar-refractivity contribution in [2.75, 3.05) is 17.6 Å². The number of nitrogen functional groups attached to an aromatic ring is 1. The number of anilines is 2. The van der Waals surface area contributed by atoms with Crippen molar-refractivity contribution in [2.45, 2.75) is 12.8 Å². The third kappa shape index (κ3) is 3.22. The first kappa shape index (κ1) is 13.3. The highest BCUT2D eigenvalue weighted by Crippen LogP contribution is 2.23. The molecule has 2 aromatic rings. The molecule has 2 aromatic carbocycles. The van der Waals surface area contributed by atoms with Crippen molar-refractivity contribution < 1.29 is 8.78 Å². The number of nitrogens with two attached hydrogens (primary N) is 1. The van der Waals surface area contributed by atoms with Crippen molar-refractivity contribution in [1.82, 2.24) is 0 Å². The van der Waals surface area contributed by atoms with Crippen molar-refractivity contribution in [3.05, 3.63) is 59.7 Å². The van der Waals surface area contributed by atoms with Gasteiger partial charge in [-0.1, -0.05) is 37.3 Å². The predicted octanol–water partition coefficient (Wildman–Crippen LogP) is 3.76. The van der Waals surface area contributed by atoms with Gasteiger partial charge in [-0.2, -0.15) is 0 Å². The second-order valence-corrected chi connectivity index (χ2v) is 4.55. The Morgan fingerprint density at radius 1 is 1.11 bits per heavy atom. The number of benzene rings is 2. The van der Waals surface area contributed by atoms with Gasteiger partial charge in [-0.05, 0) is 23.6 Å². The quantitative estimate of drug-likeness (QED) is 0.823. The molecule has 0 spiro atoms. The molecule has 0 aromatic heterocycles. The SMILES string of the molecule is CC(CNc1c(F)cc(N)cc1F)c1ccccc1. The Labute approximate surface area is 111 Å². The maximum atomic E-state index is 13.6. The van der Waals surface area contributed by atoms with E-state index in [0.29, 0.717) is 6.54 Å². The van der Waals surface area contributed by atoms with Crippen LogP contribution >= 0.6 is 0 Å². The van der Waals surface area contributed by atoms with E-state index in [-0.39, 0.29) is 17.3 Å². The Bertz CT molecular complexity index is 532. The number of hydrogen-bond acceptors (Lipinski definition) is 2. The fraction of sp³-hybridized carbons (Fsp3) is 0.200. The average Bonchev–Trinajstić information content (AvgIpc) is 2.38. The van der Waals surface area contributed by atoms with Gasteiger partial charge in [0.2, 0.25) is 0 Å². The average molecular weight is 262 g/mol.